The molecule has 2 nitrogen and oxygen atoms in total. The minimum atomic E-state index is -0.518. The number of aliphatic hydroxyl groups excluding tert-OH is 1. The number of Topliss-reactive ketones (excluding diaryl/α,β-unsaturated/α-hetero) is 1. The summed E-state index contributed by atoms with van der Waals surface area (Å²) in [5, 5.41) is 9.08. The maximum absolute atomic E-state index is 11.7. The van der Waals surface area contributed by atoms with Gasteiger partial charge in [0.15, 0.2) is 5.78 Å². The molecule has 1 rings (SSSR count). The molecule has 0 saturated heterocycles. The Labute approximate surface area is 73.3 Å². The fraction of sp³-hybridized carbons (Fsp3) is 0.700. The molecule has 0 fully saturated rings. The number of carbonyl (C=O) groups is 1. The van der Waals surface area contributed by atoms with Gasteiger partial charge in [0, 0.05) is 0 Å². The van der Waals surface area contributed by atoms with E-state index < -0.39 is 5.41 Å². The van der Waals surface area contributed by atoms with Crippen LogP contribution in [0, 0.1) is 5.41 Å². The second kappa shape index (κ2) is 3.02. The Balaban J connectivity index is 2.95. The van der Waals surface area contributed by atoms with Crippen molar-refractivity contribution in [3.05, 3.63) is 11.1 Å². The van der Waals surface area contributed by atoms with E-state index in [-0.39, 0.29) is 12.4 Å². The largest absolute Gasteiger partial charge is 0.395 e. The van der Waals surface area contributed by atoms with Crippen LogP contribution < -0.4 is 0 Å². The highest BCUT2D eigenvalue weighted by Crippen LogP contribution is 2.38. The van der Waals surface area contributed by atoms with Gasteiger partial charge in [0.25, 0.3) is 0 Å². The Morgan fingerprint density at radius 3 is 2.42 bits per heavy atom. The predicted molar refractivity (Wildman–Crippen MR) is 47.8 cm³/mol. The van der Waals surface area contributed by atoms with Crippen LogP contribution in [0.1, 0.15) is 33.6 Å². The molecule has 0 bridgehead atoms. The van der Waals surface area contributed by atoms with Crippen molar-refractivity contribution in [1.29, 1.82) is 0 Å². The van der Waals surface area contributed by atoms with Gasteiger partial charge in [-0.1, -0.05) is 12.5 Å². The fourth-order valence-corrected chi connectivity index (χ4v) is 1.92. The highest BCUT2D eigenvalue weighted by atomic mass is 16.3. The SMILES string of the molecule is CCC1=C(C)CC(C)(CO)C1=O. The second-order valence-electron chi connectivity index (χ2n) is 3.84. The van der Waals surface area contributed by atoms with E-state index >= 15 is 0 Å². The molecule has 0 aromatic carbocycles. The third kappa shape index (κ3) is 1.20. The zero-order valence-corrected chi connectivity index (χ0v) is 7.98. The number of rotatable bonds is 2. The molecule has 0 aromatic heterocycles. The molecule has 12 heavy (non-hydrogen) atoms. The second-order valence-corrected chi connectivity index (χ2v) is 3.84. The molecule has 0 heterocycles. The Morgan fingerprint density at radius 1 is 1.58 bits per heavy atom. The molecular weight excluding hydrogens is 152 g/mol. The number of carbonyl (C=O) groups excluding carboxylic acids is 1. The van der Waals surface area contributed by atoms with E-state index in [4.69, 9.17) is 5.11 Å². The molecule has 0 saturated carbocycles. The van der Waals surface area contributed by atoms with Crippen LogP contribution in [0.5, 0.6) is 0 Å². The zero-order chi connectivity index (χ0) is 9.35. The average molecular weight is 168 g/mol. The van der Waals surface area contributed by atoms with Crippen molar-refractivity contribution >= 4 is 5.78 Å². The lowest BCUT2D eigenvalue weighted by atomic mass is 9.86. The molecule has 1 atom stereocenters. The van der Waals surface area contributed by atoms with Crippen molar-refractivity contribution in [2.45, 2.75) is 33.6 Å². The first-order valence-electron chi connectivity index (χ1n) is 4.39. The van der Waals surface area contributed by atoms with E-state index in [1.807, 2.05) is 20.8 Å². The lowest BCUT2D eigenvalue weighted by Gasteiger charge is -2.18. The van der Waals surface area contributed by atoms with Crippen LogP contribution in [-0.4, -0.2) is 17.5 Å². The number of hydrogen-bond donors (Lipinski definition) is 1. The minimum absolute atomic E-state index is 0.0350. The van der Waals surface area contributed by atoms with Gasteiger partial charge in [0.2, 0.25) is 0 Å². The summed E-state index contributed by atoms with van der Waals surface area (Å²) in [5.41, 5.74) is 1.56. The van der Waals surface area contributed by atoms with Crippen molar-refractivity contribution in [3.8, 4) is 0 Å². The van der Waals surface area contributed by atoms with Gasteiger partial charge in [0.1, 0.15) is 0 Å². The molecule has 0 amide bonds. The predicted octanol–water partition coefficient (Wildman–Crippen LogP) is 1.68. The molecule has 0 spiro atoms. The third-order valence-electron chi connectivity index (χ3n) is 2.70. The monoisotopic (exact) mass is 168 g/mol. The Bertz CT molecular complexity index is 240. The van der Waals surface area contributed by atoms with Crippen molar-refractivity contribution in [3.63, 3.8) is 0 Å². The highest BCUT2D eigenvalue weighted by Gasteiger charge is 2.40. The van der Waals surface area contributed by atoms with E-state index in [1.165, 1.54) is 0 Å². The van der Waals surface area contributed by atoms with Gasteiger partial charge < -0.3 is 5.11 Å². The van der Waals surface area contributed by atoms with Crippen LogP contribution in [0.2, 0.25) is 0 Å². The van der Waals surface area contributed by atoms with Crippen LogP contribution in [-0.2, 0) is 4.79 Å². The zero-order valence-electron chi connectivity index (χ0n) is 7.98. The topological polar surface area (TPSA) is 37.3 Å². The lowest BCUT2D eigenvalue weighted by Crippen LogP contribution is -2.28. The average Bonchev–Trinajstić information content (AvgIpc) is 2.25. The third-order valence-corrected chi connectivity index (χ3v) is 2.70. The van der Waals surface area contributed by atoms with Crippen LogP contribution in [0.15, 0.2) is 11.1 Å². The maximum Gasteiger partial charge on any atom is 0.167 e. The summed E-state index contributed by atoms with van der Waals surface area (Å²) in [7, 11) is 0. The van der Waals surface area contributed by atoms with Gasteiger partial charge in [-0.05, 0) is 32.3 Å². The number of allylic oxidation sites excluding steroid dienone is 2. The summed E-state index contributed by atoms with van der Waals surface area (Å²) in [4.78, 5) is 11.7. The molecule has 1 unspecified atom stereocenters. The molecule has 0 aromatic rings. The normalized spacial score (nSPS) is 30.2. The standard InChI is InChI=1S/C10H16O2/c1-4-8-7(2)5-10(3,6-11)9(8)12/h11H,4-6H2,1-3H3. The van der Waals surface area contributed by atoms with Crippen LogP contribution in [0.25, 0.3) is 0 Å². The molecular formula is C10H16O2. The lowest BCUT2D eigenvalue weighted by molar-refractivity contribution is -0.124. The first-order chi connectivity index (χ1) is 5.55. The van der Waals surface area contributed by atoms with Crippen molar-refractivity contribution in [1.82, 2.24) is 0 Å². The minimum Gasteiger partial charge on any atom is -0.395 e. The van der Waals surface area contributed by atoms with Crippen molar-refractivity contribution in [2.75, 3.05) is 6.61 Å². The van der Waals surface area contributed by atoms with Crippen LogP contribution in [0.4, 0.5) is 0 Å². The first-order valence-corrected chi connectivity index (χ1v) is 4.39. The first kappa shape index (κ1) is 9.46. The van der Waals surface area contributed by atoms with Gasteiger partial charge in [-0.3, -0.25) is 4.79 Å². The summed E-state index contributed by atoms with van der Waals surface area (Å²) in [6, 6.07) is 0. The van der Waals surface area contributed by atoms with Gasteiger partial charge in [0.05, 0.1) is 12.0 Å². The van der Waals surface area contributed by atoms with Crippen molar-refractivity contribution in [2.24, 2.45) is 5.41 Å². The quantitative estimate of drug-likeness (QED) is 0.681. The molecule has 1 aliphatic carbocycles. The number of ketones is 1. The van der Waals surface area contributed by atoms with E-state index in [1.54, 1.807) is 0 Å². The van der Waals surface area contributed by atoms with Gasteiger partial charge in [-0.2, -0.15) is 0 Å². The Hall–Kier alpha value is -0.630. The van der Waals surface area contributed by atoms with E-state index in [9.17, 15) is 4.79 Å². The van der Waals surface area contributed by atoms with Crippen LogP contribution in [0.3, 0.4) is 0 Å². The number of aliphatic hydroxyl groups is 1. The van der Waals surface area contributed by atoms with Crippen LogP contribution >= 0.6 is 0 Å². The molecule has 1 N–H and O–H groups in total. The summed E-state index contributed by atoms with van der Waals surface area (Å²) >= 11 is 0. The maximum atomic E-state index is 11.7. The molecule has 1 aliphatic rings. The smallest absolute Gasteiger partial charge is 0.167 e. The van der Waals surface area contributed by atoms with Crippen molar-refractivity contribution < 1.29 is 9.90 Å². The molecule has 0 aliphatic heterocycles. The Morgan fingerprint density at radius 2 is 2.17 bits per heavy atom. The molecule has 68 valence electrons. The number of hydrogen-bond acceptors (Lipinski definition) is 2. The summed E-state index contributed by atoms with van der Waals surface area (Å²) in [6.45, 7) is 5.77. The summed E-state index contributed by atoms with van der Waals surface area (Å²) in [6.07, 6.45) is 1.52. The van der Waals surface area contributed by atoms with Gasteiger partial charge >= 0.3 is 0 Å². The van der Waals surface area contributed by atoms with E-state index in [0.29, 0.717) is 0 Å². The fourth-order valence-electron chi connectivity index (χ4n) is 1.92. The van der Waals surface area contributed by atoms with Gasteiger partial charge in [-0.15, -0.1) is 0 Å². The molecule has 0 radical (unpaired) electrons. The molecule has 2 heteroatoms. The highest BCUT2D eigenvalue weighted by molar-refractivity contribution is 6.03. The van der Waals surface area contributed by atoms with E-state index in [2.05, 4.69) is 0 Å². The summed E-state index contributed by atoms with van der Waals surface area (Å²) in [5.74, 6) is 0.144. The van der Waals surface area contributed by atoms with Gasteiger partial charge in [-0.25, -0.2) is 0 Å². The summed E-state index contributed by atoms with van der Waals surface area (Å²) < 4.78 is 0. The van der Waals surface area contributed by atoms with E-state index in [0.717, 1.165) is 24.0 Å². The Kier molecular flexibility index (Phi) is 2.38.